The summed E-state index contributed by atoms with van der Waals surface area (Å²) in [6.45, 7) is 1.30. The van der Waals surface area contributed by atoms with Crippen LogP contribution in [0.5, 0.6) is 0 Å². The van der Waals surface area contributed by atoms with Gasteiger partial charge in [-0.3, -0.25) is 0 Å². The molecule has 0 aromatic heterocycles. The normalized spacial score (nSPS) is 9.14. The van der Waals surface area contributed by atoms with E-state index in [0.717, 1.165) is 0 Å². The summed E-state index contributed by atoms with van der Waals surface area (Å²) in [7, 11) is 0. The van der Waals surface area contributed by atoms with E-state index >= 15 is 0 Å². The molecule has 0 aliphatic rings. The fourth-order valence-electron chi connectivity index (χ4n) is 0.114. The first-order valence-corrected chi connectivity index (χ1v) is 1.62. The van der Waals surface area contributed by atoms with Gasteiger partial charge in [-0.25, -0.2) is 4.79 Å². The molecule has 1 radical (unpaired) electrons. The van der Waals surface area contributed by atoms with Gasteiger partial charge in [0.1, 0.15) is 6.61 Å². The van der Waals surface area contributed by atoms with Crippen LogP contribution < -0.4 is 5.84 Å². The van der Waals surface area contributed by atoms with Crippen LogP contribution in [0.4, 0.5) is 0 Å². The van der Waals surface area contributed by atoms with E-state index in [0.29, 0.717) is 0 Å². The molecule has 0 bridgehead atoms. The number of hydrogen-bond acceptors (Lipinski definition) is 4. The second-order valence-electron chi connectivity index (χ2n) is 0.726. The SMILES string of the molecule is NN=CCO[C]=O. The number of hydrazone groups is 1. The molecule has 4 nitrogen and oxygen atoms in total. The van der Waals surface area contributed by atoms with Crippen LogP contribution in [-0.2, 0) is 9.53 Å². The van der Waals surface area contributed by atoms with Gasteiger partial charge in [0.15, 0.2) is 0 Å². The molecule has 0 saturated carbocycles. The first-order chi connectivity index (χ1) is 3.41. The molecular weight excluding hydrogens is 96.0 g/mol. The van der Waals surface area contributed by atoms with Crippen LogP contribution in [0.1, 0.15) is 0 Å². The Labute approximate surface area is 40.9 Å². The summed E-state index contributed by atoms with van der Waals surface area (Å²) in [6, 6.07) is 0. The number of carbonyl (C=O) groups excluding carboxylic acids is 1. The van der Waals surface area contributed by atoms with Gasteiger partial charge in [0.2, 0.25) is 0 Å². The van der Waals surface area contributed by atoms with Crippen LogP contribution in [0.25, 0.3) is 0 Å². The minimum absolute atomic E-state index is 0.0972. The zero-order chi connectivity index (χ0) is 5.54. The summed E-state index contributed by atoms with van der Waals surface area (Å²) in [5.74, 6) is 4.63. The van der Waals surface area contributed by atoms with Crippen LogP contribution in [-0.4, -0.2) is 19.3 Å². The molecule has 0 saturated heterocycles. The summed E-state index contributed by atoms with van der Waals surface area (Å²) < 4.78 is 4.04. The molecule has 0 heterocycles. The average Bonchev–Trinajstić information content (AvgIpc) is 1.69. The second-order valence-corrected chi connectivity index (χ2v) is 0.726. The van der Waals surface area contributed by atoms with Gasteiger partial charge < -0.3 is 10.6 Å². The van der Waals surface area contributed by atoms with Crippen molar-refractivity contribution in [2.24, 2.45) is 10.9 Å². The minimum Gasteiger partial charge on any atom is -0.451 e. The quantitative estimate of drug-likeness (QED) is 0.215. The number of nitrogens with zero attached hydrogens (tertiary/aromatic N) is 1. The van der Waals surface area contributed by atoms with Crippen LogP contribution >= 0.6 is 0 Å². The number of hydrogen-bond donors (Lipinski definition) is 1. The monoisotopic (exact) mass is 101 g/mol. The number of rotatable bonds is 3. The predicted octanol–water partition coefficient (Wildman–Crippen LogP) is -0.985. The highest BCUT2D eigenvalue weighted by Crippen LogP contribution is 1.57. The smallest absolute Gasteiger partial charge is 0.417 e. The number of nitrogens with two attached hydrogens (primary N) is 1. The van der Waals surface area contributed by atoms with Crippen molar-refractivity contribution in [3.8, 4) is 0 Å². The van der Waals surface area contributed by atoms with E-state index in [9.17, 15) is 4.79 Å². The molecule has 0 aromatic rings. The van der Waals surface area contributed by atoms with Crippen LogP contribution in [0.3, 0.4) is 0 Å². The van der Waals surface area contributed by atoms with Gasteiger partial charge in [0.05, 0.1) is 6.21 Å². The topological polar surface area (TPSA) is 64.7 Å². The third-order valence-corrected chi connectivity index (χ3v) is 0.322. The van der Waals surface area contributed by atoms with Crippen molar-refractivity contribution in [1.82, 2.24) is 0 Å². The first kappa shape index (κ1) is 5.94. The van der Waals surface area contributed by atoms with E-state index in [4.69, 9.17) is 0 Å². The molecule has 0 fully saturated rings. The maximum Gasteiger partial charge on any atom is 0.417 e. The lowest BCUT2D eigenvalue weighted by molar-refractivity contribution is 0.327. The summed E-state index contributed by atoms with van der Waals surface area (Å²) in [5.41, 5.74) is 0. The molecule has 0 amide bonds. The third kappa shape index (κ3) is 4.94. The molecule has 2 N–H and O–H groups in total. The van der Waals surface area contributed by atoms with Crippen molar-refractivity contribution >= 4 is 12.7 Å². The van der Waals surface area contributed by atoms with Gasteiger partial charge in [0, 0.05) is 0 Å². The maximum atomic E-state index is 9.23. The van der Waals surface area contributed by atoms with Gasteiger partial charge in [-0.2, -0.15) is 5.10 Å². The highest BCUT2D eigenvalue weighted by molar-refractivity contribution is 5.59. The van der Waals surface area contributed by atoms with E-state index in [1.54, 1.807) is 0 Å². The molecule has 0 atom stereocenters. The van der Waals surface area contributed by atoms with E-state index in [1.165, 1.54) is 12.7 Å². The van der Waals surface area contributed by atoms with Crippen molar-refractivity contribution in [3.63, 3.8) is 0 Å². The summed E-state index contributed by atoms with van der Waals surface area (Å²) in [5, 5.41) is 3.04. The molecule has 0 rings (SSSR count). The maximum absolute atomic E-state index is 9.23. The summed E-state index contributed by atoms with van der Waals surface area (Å²) in [4.78, 5) is 9.23. The van der Waals surface area contributed by atoms with Gasteiger partial charge in [0.25, 0.3) is 0 Å². The van der Waals surface area contributed by atoms with Crippen LogP contribution in [0.2, 0.25) is 0 Å². The largest absolute Gasteiger partial charge is 0.451 e. The lowest BCUT2D eigenvalue weighted by Gasteiger charge is -1.81. The molecular formula is C3H5N2O2. The highest BCUT2D eigenvalue weighted by atomic mass is 16.5. The summed E-state index contributed by atoms with van der Waals surface area (Å²) >= 11 is 0. The molecule has 0 aliphatic heterocycles. The Morgan fingerprint density at radius 2 is 2.71 bits per heavy atom. The van der Waals surface area contributed by atoms with E-state index in [2.05, 4.69) is 15.7 Å². The van der Waals surface area contributed by atoms with E-state index in [1.807, 2.05) is 0 Å². The second kappa shape index (κ2) is 4.94. The zero-order valence-electron chi connectivity index (χ0n) is 3.63. The molecule has 0 aromatic carbocycles. The Morgan fingerprint density at radius 3 is 3.14 bits per heavy atom. The highest BCUT2D eigenvalue weighted by Gasteiger charge is 1.72. The van der Waals surface area contributed by atoms with Crippen molar-refractivity contribution in [1.29, 1.82) is 0 Å². The molecule has 7 heavy (non-hydrogen) atoms. The fraction of sp³-hybridized carbons (Fsp3) is 0.333. The van der Waals surface area contributed by atoms with Gasteiger partial charge >= 0.3 is 6.47 Å². The Kier molecular flexibility index (Phi) is 4.19. The minimum atomic E-state index is 0.0972. The van der Waals surface area contributed by atoms with Crippen molar-refractivity contribution in [2.45, 2.75) is 0 Å². The van der Waals surface area contributed by atoms with Crippen molar-refractivity contribution in [3.05, 3.63) is 0 Å². The average molecular weight is 101 g/mol. The van der Waals surface area contributed by atoms with Gasteiger partial charge in [-0.1, -0.05) is 0 Å². The Hall–Kier alpha value is -1.06. The lowest BCUT2D eigenvalue weighted by atomic mass is 10.8. The Morgan fingerprint density at radius 1 is 2.00 bits per heavy atom. The predicted molar refractivity (Wildman–Crippen MR) is 24.3 cm³/mol. The molecule has 39 valence electrons. The standard InChI is InChI=1S/C3H5N2O2/c4-5-1-2-7-3-6/h1H,2,4H2. The van der Waals surface area contributed by atoms with Crippen LogP contribution in [0, 0.1) is 0 Å². The first-order valence-electron chi connectivity index (χ1n) is 1.62. The zero-order valence-corrected chi connectivity index (χ0v) is 3.63. The van der Waals surface area contributed by atoms with E-state index in [-0.39, 0.29) is 6.61 Å². The Bertz CT molecular complexity index is 71.3. The van der Waals surface area contributed by atoms with Gasteiger partial charge in [-0.15, -0.1) is 0 Å². The van der Waals surface area contributed by atoms with Crippen molar-refractivity contribution in [2.75, 3.05) is 6.61 Å². The number of ether oxygens (including phenoxy) is 1. The van der Waals surface area contributed by atoms with E-state index < -0.39 is 0 Å². The molecule has 0 spiro atoms. The van der Waals surface area contributed by atoms with Gasteiger partial charge in [-0.05, 0) is 0 Å². The Balaban J connectivity index is 2.82. The van der Waals surface area contributed by atoms with Crippen LogP contribution in [0.15, 0.2) is 5.10 Å². The fourth-order valence-corrected chi connectivity index (χ4v) is 0.114. The molecule has 0 unspecified atom stereocenters. The summed E-state index contributed by atoms with van der Waals surface area (Å²) in [6.07, 6.45) is 1.25. The third-order valence-electron chi connectivity index (χ3n) is 0.322. The molecule has 4 heteroatoms. The molecule has 0 aliphatic carbocycles. The lowest BCUT2D eigenvalue weighted by Crippen LogP contribution is -1.93. The van der Waals surface area contributed by atoms with Crippen molar-refractivity contribution < 1.29 is 9.53 Å².